The summed E-state index contributed by atoms with van der Waals surface area (Å²) in [6.07, 6.45) is 0.874. The summed E-state index contributed by atoms with van der Waals surface area (Å²) in [6.45, 7) is 0. The van der Waals surface area contributed by atoms with Gasteiger partial charge in [0, 0.05) is 17.0 Å². The van der Waals surface area contributed by atoms with Crippen molar-refractivity contribution in [2.75, 3.05) is 0 Å². The maximum absolute atomic E-state index is 9.32. The van der Waals surface area contributed by atoms with Crippen molar-refractivity contribution in [3.63, 3.8) is 0 Å². The van der Waals surface area contributed by atoms with E-state index < -0.39 is 0 Å². The second-order valence-corrected chi connectivity index (χ2v) is 2.80. The van der Waals surface area contributed by atoms with Crippen LogP contribution in [-0.4, -0.2) is 5.11 Å². The van der Waals surface area contributed by atoms with Gasteiger partial charge in [-0.3, -0.25) is 0 Å². The van der Waals surface area contributed by atoms with Gasteiger partial charge in [0.1, 0.15) is 5.75 Å². The SMILES string of the molecule is N#CCCc1c(O)cccc1Cl. The number of benzene rings is 1. The van der Waals surface area contributed by atoms with E-state index in [1.165, 1.54) is 0 Å². The zero-order valence-electron chi connectivity index (χ0n) is 6.42. The van der Waals surface area contributed by atoms with Gasteiger partial charge in [-0.2, -0.15) is 5.26 Å². The van der Waals surface area contributed by atoms with Gasteiger partial charge >= 0.3 is 0 Å². The number of nitrogens with zero attached hydrogens (tertiary/aromatic N) is 1. The summed E-state index contributed by atoms with van der Waals surface area (Å²) in [6, 6.07) is 6.95. The van der Waals surface area contributed by atoms with E-state index in [0.29, 0.717) is 23.4 Å². The van der Waals surface area contributed by atoms with Gasteiger partial charge in [0.15, 0.2) is 0 Å². The van der Waals surface area contributed by atoms with E-state index in [2.05, 4.69) is 0 Å². The molecule has 0 heterocycles. The van der Waals surface area contributed by atoms with Crippen LogP contribution < -0.4 is 0 Å². The number of aromatic hydroxyl groups is 1. The minimum Gasteiger partial charge on any atom is -0.508 e. The van der Waals surface area contributed by atoms with Gasteiger partial charge in [-0.15, -0.1) is 0 Å². The molecular formula is C9H8ClNO. The van der Waals surface area contributed by atoms with E-state index in [4.69, 9.17) is 16.9 Å². The van der Waals surface area contributed by atoms with Crippen molar-refractivity contribution in [1.29, 1.82) is 5.26 Å². The molecule has 0 bridgehead atoms. The van der Waals surface area contributed by atoms with Crippen molar-refractivity contribution >= 4 is 11.6 Å². The van der Waals surface area contributed by atoms with Gasteiger partial charge in [0.25, 0.3) is 0 Å². The van der Waals surface area contributed by atoms with Crippen LogP contribution in [0.4, 0.5) is 0 Å². The molecule has 12 heavy (non-hydrogen) atoms. The predicted molar refractivity (Wildman–Crippen MR) is 47.1 cm³/mol. The summed E-state index contributed by atoms with van der Waals surface area (Å²) in [5.41, 5.74) is 0.653. The van der Waals surface area contributed by atoms with Crippen LogP contribution >= 0.6 is 11.6 Å². The standard InChI is InChI=1S/C9H8ClNO/c10-8-4-1-5-9(12)7(8)3-2-6-11/h1,4-5,12H,2-3H2. The molecule has 0 aliphatic carbocycles. The minimum absolute atomic E-state index is 0.165. The van der Waals surface area contributed by atoms with E-state index in [1.807, 2.05) is 6.07 Å². The van der Waals surface area contributed by atoms with E-state index >= 15 is 0 Å². The fourth-order valence-electron chi connectivity index (χ4n) is 0.976. The zero-order valence-corrected chi connectivity index (χ0v) is 7.17. The largest absolute Gasteiger partial charge is 0.508 e. The van der Waals surface area contributed by atoms with E-state index in [0.717, 1.165) is 0 Å². The fourth-order valence-corrected chi connectivity index (χ4v) is 1.24. The second kappa shape index (κ2) is 3.99. The Morgan fingerprint density at radius 2 is 2.25 bits per heavy atom. The van der Waals surface area contributed by atoms with Gasteiger partial charge in [0.05, 0.1) is 6.07 Å². The highest BCUT2D eigenvalue weighted by Crippen LogP contribution is 2.25. The molecule has 0 spiro atoms. The van der Waals surface area contributed by atoms with Crippen LogP contribution in [-0.2, 0) is 6.42 Å². The van der Waals surface area contributed by atoms with E-state index in [9.17, 15) is 5.11 Å². The molecule has 0 radical (unpaired) electrons. The molecule has 1 rings (SSSR count). The highest BCUT2D eigenvalue weighted by atomic mass is 35.5. The molecule has 1 aromatic rings. The number of halogens is 1. The summed E-state index contributed by atoms with van der Waals surface area (Å²) in [4.78, 5) is 0. The zero-order chi connectivity index (χ0) is 8.97. The number of rotatable bonds is 2. The van der Waals surface area contributed by atoms with Crippen molar-refractivity contribution in [3.8, 4) is 11.8 Å². The van der Waals surface area contributed by atoms with Crippen LogP contribution in [0.1, 0.15) is 12.0 Å². The van der Waals surface area contributed by atoms with Crippen molar-refractivity contribution in [2.45, 2.75) is 12.8 Å². The summed E-state index contributed by atoms with van der Waals surface area (Å²) < 4.78 is 0. The Morgan fingerprint density at radius 3 is 2.83 bits per heavy atom. The smallest absolute Gasteiger partial charge is 0.120 e. The maximum atomic E-state index is 9.32. The molecule has 1 N–H and O–H groups in total. The van der Waals surface area contributed by atoms with Crippen molar-refractivity contribution < 1.29 is 5.11 Å². The molecule has 3 heteroatoms. The molecule has 0 saturated heterocycles. The van der Waals surface area contributed by atoms with Gasteiger partial charge in [-0.1, -0.05) is 17.7 Å². The quantitative estimate of drug-likeness (QED) is 0.762. The summed E-state index contributed by atoms with van der Waals surface area (Å²) in [5.74, 6) is 0.165. The molecule has 0 fully saturated rings. The Kier molecular flexibility index (Phi) is 2.95. The topological polar surface area (TPSA) is 44.0 Å². The third-order valence-electron chi connectivity index (χ3n) is 1.58. The highest BCUT2D eigenvalue weighted by Gasteiger charge is 2.04. The number of nitriles is 1. The van der Waals surface area contributed by atoms with Crippen LogP contribution in [0.25, 0.3) is 0 Å². The molecule has 2 nitrogen and oxygen atoms in total. The molecule has 0 aliphatic rings. The monoisotopic (exact) mass is 181 g/mol. The van der Waals surface area contributed by atoms with Crippen LogP contribution in [0.3, 0.4) is 0 Å². The molecule has 0 aromatic heterocycles. The Bertz CT molecular complexity index is 297. The van der Waals surface area contributed by atoms with Crippen molar-refractivity contribution in [2.24, 2.45) is 0 Å². The lowest BCUT2D eigenvalue weighted by molar-refractivity contribution is 0.468. The number of hydrogen-bond acceptors (Lipinski definition) is 2. The first-order chi connectivity index (χ1) is 5.75. The normalized spacial score (nSPS) is 9.33. The van der Waals surface area contributed by atoms with Crippen LogP contribution in [0.2, 0.25) is 5.02 Å². The molecule has 0 aliphatic heterocycles. The number of phenols is 1. The van der Waals surface area contributed by atoms with Crippen LogP contribution in [0, 0.1) is 11.3 Å². The van der Waals surface area contributed by atoms with E-state index in [-0.39, 0.29) is 5.75 Å². The van der Waals surface area contributed by atoms with Gasteiger partial charge in [-0.05, 0) is 18.6 Å². The van der Waals surface area contributed by atoms with Gasteiger partial charge in [0.2, 0.25) is 0 Å². The van der Waals surface area contributed by atoms with Gasteiger partial charge < -0.3 is 5.11 Å². The second-order valence-electron chi connectivity index (χ2n) is 2.40. The molecule has 0 amide bonds. The lowest BCUT2D eigenvalue weighted by Crippen LogP contribution is -1.85. The molecular weight excluding hydrogens is 174 g/mol. The first-order valence-corrected chi connectivity index (χ1v) is 3.97. The molecule has 0 atom stereocenters. The summed E-state index contributed by atoms with van der Waals surface area (Å²) in [7, 11) is 0. The third kappa shape index (κ3) is 1.90. The first-order valence-electron chi connectivity index (χ1n) is 3.59. The van der Waals surface area contributed by atoms with Crippen LogP contribution in [0.15, 0.2) is 18.2 Å². The average molecular weight is 182 g/mol. The number of phenolic OH excluding ortho intramolecular Hbond substituents is 1. The first kappa shape index (κ1) is 8.89. The summed E-state index contributed by atoms with van der Waals surface area (Å²) in [5, 5.41) is 18.2. The third-order valence-corrected chi connectivity index (χ3v) is 1.94. The van der Waals surface area contributed by atoms with E-state index in [1.54, 1.807) is 18.2 Å². The van der Waals surface area contributed by atoms with Gasteiger partial charge in [-0.25, -0.2) is 0 Å². The molecule has 62 valence electrons. The van der Waals surface area contributed by atoms with Crippen LogP contribution in [0.5, 0.6) is 5.75 Å². The Labute approximate surface area is 76.0 Å². The van der Waals surface area contributed by atoms with Crippen molar-refractivity contribution in [3.05, 3.63) is 28.8 Å². The Hall–Kier alpha value is -1.20. The fraction of sp³-hybridized carbons (Fsp3) is 0.222. The average Bonchev–Trinajstić information content (AvgIpc) is 2.04. The maximum Gasteiger partial charge on any atom is 0.120 e. The minimum atomic E-state index is 0.165. The Balaban J connectivity index is 2.90. The molecule has 0 saturated carbocycles. The van der Waals surface area contributed by atoms with Crippen molar-refractivity contribution in [1.82, 2.24) is 0 Å². The Morgan fingerprint density at radius 1 is 1.50 bits per heavy atom. The highest BCUT2D eigenvalue weighted by molar-refractivity contribution is 6.31. The lowest BCUT2D eigenvalue weighted by Gasteiger charge is -2.03. The molecule has 0 unspecified atom stereocenters. The lowest BCUT2D eigenvalue weighted by atomic mass is 10.1. The molecule has 1 aromatic carbocycles. The number of hydrogen-bond donors (Lipinski definition) is 1. The predicted octanol–water partition coefficient (Wildman–Crippen LogP) is 2.50. The summed E-state index contributed by atoms with van der Waals surface area (Å²) >= 11 is 5.80.